The molecule has 0 radical (unpaired) electrons. The van der Waals surface area contributed by atoms with Gasteiger partial charge >= 0.3 is 6.18 Å². The number of halogens is 3. The minimum absolute atomic E-state index is 0.0350. The van der Waals surface area contributed by atoms with Crippen LogP contribution in [0.1, 0.15) is 42.3 Å². The van der Waals surface area contributed by atoms with Gasteiger partial charge in [-0.05, 0) is 45.6 Å². The predicted octanol–water partition coefficient (Wildman–Crippen LogP) is 3.07. The van der Waals surface area contributed by atoms with Crippen LogP contribution in [0.15, 0.2) is 0 Å². The predicted molar refractivity (Wildman–Crippen MR) is 64.9 cm³/mol. The highest BCUT2D eigenvalue weighted by molar-refractivity contribution is 5.23. The maximum Gasteiger partial charge on any atom is 0.393 e. The fraction of sp³-hybridized carbons (Fsp3) is 0.769. The fourth-order valence-electron chi connectivity index (χ4n) is 2.85. The summed E-state index contributed by atoms with van der Waals surface area (Å²) in [5, 5.41) is 13.9. The van der Waals surface area contributed by atoms with Gasteiger partial charge in [-0.3, -0.25) is 4.68 Å². The Morgan fingerprint density at radius 3 is 2.32 bits per heavy atom. The third-order valence-electron chi connectivity index (χ3n) is 4.21. The average molecular weight is 276 g/mol. The van der Waals surface area contributed by atoms with Gasteiger partial charge in [-0.1, -0.05) is 0 Å². The number of hydrogen-bond donors (Lipinski definition) is 1. The van der Waals surface area contributed by atoms with Crippen LogP contribution in [0.3, 0.4) is 0 Å². The number of hydrogen-bond acceptors (Lipinski definition) is 2. The summed E-state index contributed by atoms with van der Waals surface area (Å²) in [6.45, 7) is 5.43. The molecule has 1 aromatic rings. The van der Waals surface area contributed by atoms with Crippen molar-refractivity contribution in [1.29, 1.82) is 0 Å². The first kappa shape index (κ1) is 14.4. The highest BCUT2D eigenvalue weighted by atomic mass is 19.4. The van der Waals surface area contributed by atoms with Gasteiger partial charge in [-0.2, -0.15) is 18.3 Å². The molecule has 1 aromatic heterocycles. The standard InChI is InChI=1S/C13H19F3N2O/c1-7-8(2)17-18(9(7)3)12-6-10(19)4-5-11(12)13(14,15)16/h10-12,19H,4-6H2,1-3H3. The Balaban J connectivity index is 2.40. The van der Waals surface area contributed by atoms with E-state index in [0.29, 0.717) is 0 Å². The zero-order valence-electron chi connectivity index (χ0n) is 11.3. The summed E-state index contributed by atoms with van der Waals surface area (Å²) in [5.74, 6) is -1.42. The highest BCUT2D eigenvalue weighted by Crippen LogP contribution is 2.44. The van der Waals surface area contributed by atoms with E-state index in [2.05, 4.69) is 5.10 Å². The van der Waals surface area contributed by atoms with Crippen molar-refractivity contribution in [2.45, 2.75) is 58.4 Å². The second-order valence-electron chi connectivity index (χ2n) is 5.42. The molecule has 19 heavy (non-hydrogen) atoms. The molecule has 3 atom stereocenters. The van der Waals surface area contributed by atoms with Crippen LogP contribution in [0.25, 0.3) is 0 Å². The van der Waals surface area contributed by atoms with Gasteiger partial charge in [0.05, 0.1) is 23.8 Å². The van der Waals surface area contributed by atoms with Gasteiger partial charge in [0.15, 0.2) is 0 Å². The van der Waals surface area contributed by atoms with Crippen LogP contribution in [0, 0.1) is 26.7 Å². The Morgan fingerprint density at radius 2 is 1.84 bits per heavy atom. The molecule has 2 rings (SSSR count). The van der Waals surface area contributed by atoms with Crippen LogP contribution in [-0.4, -0.2) is 27.2 Å². The topological polar surface area (TPSA) is 38.0 Å². The number of nitrogens with zero attached hydrogens (tertiary/aromatic N) is 2. The third-order valence-corrected chi connectivity index (χ3v) is 4.21. The average Bonchev–Trinajstić information content (AvgIpc) is 2.55. The number of alkyl halides is 3. The number of aliphatic hydroxyl groups is 1. The summed E-state index contributed by atoms with van der Waals surface area (Å²) in [6.07, 6.45) is -4.63. The van der Waals surface area contributed by atoms with Crippen molar-refractivity contribution in [2.24, 2.45) is 5.92 Å². The zero-order chi connectivity index (χ0) is 14.4. The van der Waals surface area contributed by atoms with Crippen molar-refractivity contribution in [3.63, 3.8) is 0 Å². The molecular formula is C13H19F3N2O. The molecule has 1 saturated carbocycles. The molecule has 0 spiro atoms. The molecule has 0 aromatic carbocycles. The quantitative estimate of drug-likeness (QED) is 0.856. The van der Waals surface area contributed by atoms with Gasteiger partial charge in [0.1, 0.15) is 0 Å². The second-order valence-corrected chi connectivity index (χ2v) is 5.42. The molecule has 108 valence electrons. The van der Waals surface area contributed by atoms with Crippen LogP contribution < -0.4 is 0 Å². The molecule has 1 fully saturated rings. The normalized spacial score (nSPS) is 28.7. The van der Waals surface area contributed by atoms with E-state index in [4.69, 9.17) is 0 Å². The van der Waals surface area contributed by atoms with Gasteiger partial charge < -0.3 is 5.11 Å². The highest BCUT2D eigenvalue weighted by Gasteiger charge is 2.48. The Bertz CT molecular complexity index is 467. The molecule has 3 unspecified atom stereocenters. The van der Waals surface area contributed by atoms with Gasteiger partial charge in [0.2, 0.25) is 0 Å². The summed E-state index contributed by atoms with van der Waals surface area (Å²) >= 11 is 0. The lowest BCUT2D eigenvalue weighted by Gasteiger charge is -2.36. The molecule has 0 amide bonds. The van der Waals surface area contributed by atoms with Crippen molar-refractivity contribution in [1.82, 2.24) is 9.78 Å². The van der Waals surface area contributed by atoms with Gasteiger partial charge in [-0.15, -0.1) is 0 Å². The first-order valence-electron chi connectivity index (χ1n) is 6.49. The fourth-order valence-corrected chi connectivity index (χ4v) is 2.85. The summed E-state index contributed by atoms with van der Waals surface area (Å²) in [6, 6.07) is -0.795. The van der Waals surface area contributed by atoms with Crippen molar-refractivity contribution < 1.29 is 18.3 Å². The smallest absolute Gasteiger partial charge is 0.393 e. The molecule has 0 aliphatic heterocycles. The summed E-state index contributed by atoms with van der Waals surface area (Å²) in [7, 11) is 0. The van der Waals surface area contributed by atoms with Crippen molar-refractivity contribution >= 4 is 0 Å². The first-order chi connectivity index (χ1) is 8.71. The van der Waals surface area contributed by atoms with E-state index >= 15 is 0 Å². The maximum atomic E-state index is 13.1. The Labute approximate surface area is 110 Å². The van der Waals surface area contributed by atoms with Crippen LogP contribution >= 0.6 is 0 Å². The number of aryl methyl sites for hydroxylation is 1. The molecule has 0 saturated heterocycles. The van der Waals surface area contributed by atoms with E-state index in [1.807, 2.05) is 6.92 Å². The molecule has 1 heterocycles. The van der Waals surface area contributed by atoms with E-state index in [-0.39, 0.29) is 19.3 Å². The largest absolute Gasteiger partial charge is 0.393 e. The van der Waals surface area contributed by atoms with Crippen LogP contribution in [0.4, 0.5) is 13.2 Å². The van der Waals surface area contributed by atoms with E-state index < -0.39 is 24.2 Å². The third kappa shape index (κ3) is 2.63. The number of aromatic nitrogens is 2. The number of aliphatic hydroxyl groups excluding tert-OH is 1. The Kier molecular flexibility index (Phi) is 3.64. The summed E-state index contributed by atoms with van der Waals surface area (Å²) < 4.78 is 40.8. The van der Waals surface area contributed by atoms with E-state index in [9.17, 15) is 18.3 Å². The van der Waals surface area contributed by atoms with Crippen LogP contribution in [0.5, 0.6) is 0 Å². The van der Waals surface area contributed by atoms with E-state index in [1.54, 1.807) is 13.8 Å². The lowest BCUT2D eigenvalue weighted by Crippen LogP contribution is -2.39. The summed E-state index contributed by atoms with van der Waals surface area (Å²) in [5.41, 5.74) is 2.42. The van der Waals surface area contributed by atoms with E-state index in [0.717, 1.165) is 17.0 Å². The molecule has 3 nitrogen and oxygen atoms in total. The van der Waals surface area contributed by atoms with Crippen molar-refractivity contribution in [3.05, 3.63) is 17.0 Å². The molecular weight excluding hydrogens is 257 g/mol. The first-order valence-corrected chi connectivity index (χ1v) is 6.49. The second kappa shape index (κ2) is 4.81. The molecule has 1 N–H and O–H groups in total. The van der Waals surface area contributed by atoms with Crippen molar-refractivity contribution in [2.75, 3.05) is 0 Å². The number of rotatable bonds is 1. The van der Waals surface area contributed by atoms with Gasteiger partial charge in [0, 0.05) is 5.69 Å². The molecule has 6 heteroatoms. The SMILES string of the molecule is Cc1nn(C2CC(O)CCC2C(F)(F)F)c(C)c1C. The van der Waals surface area contributed by atoms with Gasteiger partial charge in [0.25, 0.3) is 0 Å². The van der Waals surface area contributed by atoms with Crippen molar-refractivity contribution in [3.8, 4) is 0 Å². The zero-order valence-corrected chi connectivity index (χ0v) is 11.3. The lowest BCUT2D eigenvalue weighted by molar-refractivity contribution is -0.199. The van der Waals surface area contributed by atoms with Crippen LogP contribution in [-0.2, 0) is 0 Å². The minimum Gasteiger partial charge on any atom is -0.393 e. The minimum atomic E-state index is -4.25. The lowest BCUT2D eigenvalue weighted by atomic mass is 9.82. The Hall–Kier alpha value is -1.04. The van der Waals surface area contributed by atoms with E-state index in [1.165, 1.54) is 4.68 Å². The molecule has 0 bridgehead atoms. The van der Waals surface area contributed by atoms with Gasteiger partial charge in [-0.25, -0.2) is 0 Å². The maximum absolute atomic E-state index is 13.1. The monoisotopic (exact) mass is 276 g/mol. The van der Waals surface area contributed by atoms with Crippen LogP contribution in [0.2, 0.25) is 0 Å². The molecule has 1 aliphatic carbocycles. The Morgan fingerprint density at radius 1 is 1.21 bits per heavy atom. The summed E-state index contributed by atoms with van der Waals surface area (Å²) in [4.78, 5) is 0. The molecule has 1 aliphatic rings.